The third-order valence-electron chi connectivity index (χ3n) is 5.47. The molecular weight excluding hydrogens is 388 g/mol. The normalized spacial score (nSPS) is 14.4. The first kappa shape index (κ1) is 19.9. The van der Waals surface area contributed by atoms with E-state index in [1.807, 2.05) is 42.1 Å². The SMILES string of the molecule is C[C@@H](c1ccc(-c2nccn2C)cc1)[C@@](O)(Cn1cncn1)c1ccc(F)cc1F. The Hall–Kier alpha value is -3.39. The van der Waals surface area contributed by atoms with E-state index in [4.69, 9.17) is 0 Å². The van der Waals surface area contributed by atoms with Crippen LogP contribution in [0.5, 0.6) is 0 Å². The van der Waals surface area contributed by atoms with Crippen molar-refractivity contribution in [3.05, 3.63) is 90.3 Å². The van der Waals surface area contributed by atoms with E-state index in [2.05, 4.69) is 15.1 Å². The fraction of sp³-hybridized carbons (Fsp3) is 0.227. The van der Waals surface area contributed by atoms with Gasteiger partial charge in [-0.1, -0.05) is 37.3 Å². The number of halogens is 2. The van der Waals surface area contributed by atoms with E-state index in [1.54, 1.807) is 13.1 Å². The molecule has 0 radical (unpaired) electrons. The van der Waals surface area contributed by atoms with Crippen LogP contribution in [0.2, 0.25) is 0 Å². The molecule has 154 valence electrons. The molecule has 0 fully saturated rings. The van der Waals surface area contributed by atoms with Gasteiger partial charge in [0.25, 0.3) is 0 Å². The average molecular weight is 409 g/mol. The van der Waals surface area contributed by atoms with Crippen molar-refractivity contribution < 1.29 is 13.9 Å². The largest absolute Gasteiger partial charge is 0.382 e. The van der Waals surface area contributed by atoms with E-state index in [-0.39, 0.29) is 12.1 Å². The number of rotatable bonds is 6. The summed E-state index contributed by atoms with van der Waals surface area (Å²) in [7, 11) is 1.91. The van der Waals surface area contributed by atoms with Crippen LogP contribution in [0.25, 0.3) is 11.4 Å². The molecule has 2 heterocycles. The summed E-state index contributed by atoms with van der Waals surface area (Å²) < 4.78 is 31.5. The summed E-state index contributed by atoms with van der Waals surface area (Å²) in [6.07, 6.45) is 6.37. The average Bonchev–Trinajstić information content (AvgIpc) is 3.39. The standard InChI is InChI=1S/C22H21F2N5O/c1-15(16-3-5-17(6-4-16)21-26-9-10-28(21)2)22(30,12-29-14-25-13-27-29)19-8-7-18(23)11-20(19)24/h3-11,13-15,30H,12H2,1-2H3/t15-,22-/m0/s1. The maximum Gasteiger partial charge on any atom is 0.139 e. The van der Waals surface area contributed by atoms with Crippen LogP contribution in [-0.2, 0) is 19.2 Å². The Bertz CT molecular complexity index is 1140. The molecular formula is C22H21F2N5O. The van der Waals surface area contributed by atoms with Crippen molar-refractivity contribution in [1.82, 2.24) is 24.3 Å². The van der Waals surface area contributed by atoms with Crippen molar-refractivity contribution in [3.63, 3.8) is 0 Å². The molecule has 4 aromatic rings. The zero-order valence-electron chi connectivity index (χ0n) is 16.6. The summed E-state index contributed by atoms with van der Waals surface area (Å²) in [6, 6.07) is 10.8. The Kier molecular flexibility index (Phi) is 5.17. The molecule has 0 bridgehead atoms. The number of aromatic nitrogens is 5. The zero-order chi connectivity index (χ0) is 21.3. The van der Waals surface area contributed by atoms with Crippen LogP contribution in [0.3, 0.4) is 0 Å². The summed E-state index contributed by atoms with van der Waals surface area (Å²) in [6.45, 7) is 1.76. The minimum Gasteiger partial charge on any atom is -0.382 e. The van der Waals surface area contributed by atoms with Gasteiger partial charge in [0.15, 0.2) is 0 Å². The zero-order valence-corrected chi connectivity index (χ0v) is 16.6. The van der Waals surface area contributed by atoms with E-state index in [0.717, 1.165) is 29.1 Å². The second kappa shape index (κ2) is 7.79. The van der Waals surface area contributed by atoms with Crippen LogP contribution in [-0.4, -0.2) is 29.4 Å². The number of hydrogen-bond acceptors (Lipinski definition) is 4. The lowest BCUT2D eigenvalue weighted by molar-refractivity contribution is -0.0112. The number of hydrogen-bond donors (Lipinski definition) is 1. The fourth-order valence-electron chi connectivity index (χ4n) is 3.70. The molecule has 30 heavy (non-hydrogen) atoms. The summed E-state index contributed by atoms with van der Waals surface area (Å²) >= 11 is 0. The molecule has 0 saturated carbocycles. The molecule has 6 nitrogen and oxygen atoms in total. The molecule has 1 N–H and O–H groups in total. The first-order valence-corrected chi connectivity index (χ1v) is 9.46. The van der Waals surface area contributed by atoms with Gasteiger partial charge in [0.2, 0.25) is 0 Å². The summed E-state index contributed by atoms with van der Waals surface area (Å²) in [5, 5.41) is 15.7. The van der Waals surface area contributed by atoms with Gasteiger partial charge in [-0.25, -0.2) is 23.4 Å². The molecule has 0 aliphatic rings. The molecule has 2 aromatic heterocycles. The molecule has 4 rings (SSSR count). The predicted molar refractivity (Wildman–Crippen MR) is 107 cm³/mol. The van der Waals surface area contributed by atoms with E-state index in [1.165, 1.54) is 23.4 Å². The highest BCUT2D eigenvalue weighted by molar-refractivity contribution is 5.56. The molecule has 0 spiro atoms. The Balaban J connectivity index is 1.74. The van der Waals surface area contributed by atoms with Crippen molar-refractivity contribution in [2.24, 2.45) is 7.05 Å². The molecule has 0 amide bonds. The van der Waals surface area contributed by atoms with Crippen molar-refractivity contribution in [2.45, 2.75) is 25.0 Å². The van der Waals surface area contributed by atoms with E-state index in [9.17, 15) is 13.9 Å². The Morgan fingerprint density at radius 3 is 2.50 bits per heavy atom. The van der Waals surface area contributed by atoms with Crippen molar-refractivity contribution in [3.8, 4) is 11.4 Å². The van der Waals surface area contributed by atoms with Crippen LogP contribution < -0.4 is 0 Å². The highest BCUT2D eigenvalue weighted by Crippen LogP contribution is 2.40. The molecule has 2 atom stereocenters. The van der Waals surface area contributed by atoms with E-state index < -0.39 is 23.2 Å². The van der Waals surface area contributed by atoms with Crippen molar-refractivity contribution in [2.75, 3.05) is 0 Å². The summed E-state index contributed by atoms with van der Waals surface area (Å²) in [4.78, 5) is 8.23. The molecule has 2 aromatic carbocycles. The van der Waals surface area contributed by atoms with Gasteiger partial charge in [-0.2, -0.15) is 5.10 Å². The molecule has 0 saturated heterocycles. The van der Waals surface area contributed by atoms with Gasteiger partial charge in [-0.3, -0.25) is 0 Å². The van der Waals surface area contributed by atoms with Gasteiger partial charge in [0.1, 0.15) is 35.7 Å². The van der Waals surface area contributed by atoms with E-state index in [0.29, 0.717) is 0 Å². The van der Waals surface area contributed by atoms with Gasteiger partial charge in [-0.15, -0.1) is 0 Å². The van der Waals surface area contributed by atoms with Gasteiger partial charge in [0.05, 0.1) is 6.54 Å². The smallest absolute Gasteiger partial charge is 0.139 e. The second-order valence-electron chi connectivity index (χ2n) is 7.35. The Morgan fingerprint density at radius 1 is 1.13 bits per heavy atom. The Labute approximate surface area is 172 Å². The van der Waals surface area contributed by atoms with Gasteiger partial charge in [0, 0.05) is 42.6 Å². The predicted octanol–water partition coefficient (Wildman–Crippen LogP) is 3.65. The van der Waals surface area contributed by atoms with Crippen LogP contribution in [0, 0.1) is 11.6 Å². The maximum absolute atomic E-state index is 14.7. The van der Waals surface area contributed by atoms with Gasteiger partial charge < -0.3 is 9.67 Å². The lowest BCUT2D eigenvalue weighted by Gasteiger charge is -2.35. The maximum atomic E-state index is 14.7. The quantitative estimate of drug-likeness (QED) is 0.528. The topological polar surface area (TPSA) is 68.8 Å². The van der Waals surface area contributed by atoms with E-state index >= 15 is 0 Å². The lowest BCUT2D eigenvalue weighted by Crippen LogP contribution is -2.38. The number of benzene rings is 2. The summed E-state index contributed by atoms with van der Waals surface area (Å²) in [5.41, 5.74) is 0.0292. The van der Waals surface area contributed by atoms with Crippen LogP contribution in [0.15, 0.2) is 67.5 Å². The van der Waals surface area contributed by atoms with Crippen molar-refractivity contribution in [1.29, 1.82) is 0 Å². The lowest BCUT2D eigenvalue weighted by atomic mass is 9.78. The molecule has 0 unspecified atom stereocenters. The molecule has 8 heteroatoms. The number of nitrogens with zero attached hydrogens (tertiary/aromatic N) is 5. The van der Waals surface area contributed by atoms with Gasteiger partial charge >= 0.3 is 0 Å². The Morgan fingerprint density at radius 2 is 1.90 bits per heavy atom. The summed E-state index contributed by atoms with van der Waals surface area (Å²) in [5.74, 6) is -1.23. The highest BCUT2D eigenvalue weighted by Gasteiger charge is 2.40. The van der Waals surface area contributed by atoms with Crippen molar-refractivity contribution >= 4 is 0 Å². The molecule has 0 aliphatic carbocycles. The number of imidazole rings is 1. The first-order valence-electron chi connectivity index (χ1n) is 9.46. The van der Waals surface area contributed by atoms with Crippen LogP contribution in [0.4, 0.5) is 8.78 Å². The highest BCUT2D eigenvalue weighted by atomic mass is 19.1. The monoisotopic (exact) mass is 409 g/mol. The number of aliphatic hydroxyl groups is 1. The van der Waals surface area contributed by atoms with Gasteiger partial charge in [-0.05, 0) is 11.6 Å². The third kappa shape index (κ3) is 3.61. The minimum atomic E-state index is -1.68. The first-order chi connectivity index (χ1) is 14.4. The second-order valence-corrected chi connectivity index (χ2v) is 7.35. The minimum absolute atomic E-state index is 0.0000720. The fourth-order valence-corrected chi connectivity index (χ4v) is 3.70. The number of aryl methyl sites for hydroxylation is 1. The van der Waals surface area contributed by atoms with Crippen LogP contribution in [0.1, 0.15) is 24.0 Å². The molecule has 0 aliphatic heterocycles. The van der Waals surface area contributed by atoms with Crippen LogP contribution >= 0.6 is 0 Å². The third-order valence-corrected chi connectivity index (χ3v) is 5.47.